The Hall–Kier alpha value is -0.860. The first-order valence-corrected chi connectivity index (χ1v) is 7.24. The molecule has 2 nitrogen and oxygen atoms in total. The molecule has 0 spiro atoms. The van der Waals surface area contributed by atoms with E-state index >= 15 is 0 Å². The van der Waals surface area contributed by atoms with Crippen molar-refractivity contribution in [3.8, 4) is 0 Å². The molecule has 0 radical (unpaired) electrons. The first-order chi connectivity index (χ1) is 8.79. The van der Waals surface area contributed by atoms with Crippen molar-refractivity contribution in [3.05, 3.63) is 35.9 Å². The molecule has 0 saturated heterocycles. The summed E-state index contributed by atoms with van der Waals surface area (Å²) in [6, 6.07) is 10.5. The molecule has 0 amide bonds. The van der Waals surface area contributed by atoms with Gasteiger partial charge in [0, 0.05) is 12.1 Å². The summed E-state index contributed by atoms with van der Waals surface area (Å²) in [6.07, 6.45) is 0.508. The van der Waals surface area contributed by atoms with Crippen LogP contribution in [0.5, 0.6) is 0 Å². The Morgan fingerprint density at radius 2 is 1.68 bits per heavy atom. The summed E-state index contributed by atoms with van der Waals surface area (Å²) in [4.78, 5) is 2.32. The summed E-state index contributed by atoms with van der Waals surface area (Å²) in [5, 5.41) is 10.6. The van der Waals surface area contributed by atoms with Gasteiger partial charge in [-0.3, -0.25) is 4.90 Å². The van der Waals surface area contributed by atoms with Gasteiger partial charge in [-0.05, 0) is 31.4 Å². The number of aliphatic hydroxyl groups excluding tert-OH is 1. The van der Waals surface area contributed by atoms with E-state index in [0.717, 1.165) is 12.0 Å². The highest BCUT2D eigenvalue weighted by Crippen LogP contribution is 2.30. The molecule has 0 saturated carbocycles. The maximum atomic E-state index is 10.6. The van der Waals surface area contributed by atoms with E-state index in [1.54, 1.807) is 0 Å². The zero-order chi connectivity index (χ0) is 14.6. The average Bonchev–Trinajstić information content (AvgIpc) is 2.38. The predicted molar refractivity (Wildman–Crippen MR) is 82.2 cm³/mol. The van der Waals surface area contributed by atoms with E-state index in [1.165, 1.54) is 0 Å². The van der Waals surface area contributed by atoms with Gasteiger partial charge in [-0.1, -0.05) is 58.0 Å². The van der Waals surface area contributed by atoms with Gasteiger partial charge in [-0.15, -0.1) is 0 Å². The van der Waals surface area contributed by atoms with Crippen LogP contribution in [0.25, 0.3) is 0 Å². The van der Waals surface area contributed by atoms with Crippen molar-refractivity contribution in [1.82, 2.24) is 4.90 Å². The van der Waals surface area contributed by atoms with E-state index in [0.29, 0.717) is 6.04 Å². The highest BCUT2D eigenvalue weighted by atomic mass is 16.3. The third kappa shape index (κ3) is 4.05. The van der Waals surface area contributed by atoms with Crippen LogP contribution in [0.1, 0.15) is 52.7 Å². The van der Waals surface area contributed by atoms with Crippen molar-refractivity contribution in [1.29, 1.82) is 0 Å². The van der Waals surface area contributed by atoms with E-state index in [-0.39, 0.29) is 11.5 Å². The van der Waals surface area contributed by atoms with Gasteiger partial charge in [0.15, 0.2) is 0 Å². The fraction of sp³-hybridized carbons (Fsp3) is 0.647. The molecule has 1 N–H and O–H groups in total. The molecule has 108 valence electrons. The van der Waals surface area contributed by atoms with Crippen molar-refractivity contribution in [3.63, 3.8) is 0 Å². The Kier molecular flexibility index (Phi) is 5.57. The Morgan fingerprint density at radius 3 is 2.11 bits per heavy atom. The first-order valence-electron chi connectivity index (χ1n) is 7.24. The second-order valence-electron chi connectivity index (χ2n) is 6.54. The Balaban J connectivity index is 2.89. The van der Waals surface area contributed by atoms with Crippen LogP contribution in [0.2, 0.25) is 0 Å². The summed E-state index contributed by atoms with van der Waals surface area (Å²) >= 11 is 0. The van der Waals surface area contributed by atoms with Crippen LogP contribution in [0.15, 0.2) is 30.3 Å². The van der Waals surface area contributed by atoms with Gasteiger partial charge in [-0.25, -0.2) is 0 Å². The van der Waals surface area contributed by atoms with Gasteiger partial charge in [0.2, 0.25) is 0 Å². The van der Waals surface area contributed by atoms with Crippen molar-refractivity contribution in [2.24, 2.45) is 5.41 Å². The molecule has 3 unspecified atom stereocenters. The summed E-state index contributed by atoms with van der Waals surface area (Å²) in [6.45, 7) is 11.1. The van der Waals surface area contributed by atoms with E-state index in [9.17, 15) is 5.11 Å². The van der Waals surface area contributed by atoms with Crippen LogP contribution >= 0.6 is 0 Å². The number of rotatable bonds is 5. The molecular formula is C17H29NO. The van der Waals surface area contributed by atoms with Gasteiger partial charge in [0.25, 0.3) is 0 Å². The van der Waals surface area contributed by atoms with Crippen LogP contribution in [0, 0.1) is 5.41 Å². The third-order valence-corrected chi connectivity index (χ3v) is 4.31. The highest BCUT2D eigenvalue weighted by Gasteiger charge is 2.31. The zero-order valence-electron chi connectivity index (χ0n) is 13.2. The minimum atomic E-state index is -0.430. The van der Waals surface area contributed by atoms with Crippen molar-refractivity contribution < 1.29 is 5.11 Å². The lowest BCUT2D eigenvalue weighted by molar-refractivity contribution is 0.0122. The molecule has 1 aromatic carbocycles. The predicted octanol–water partition coefficient (Wildman–Crippen LogP) is 3.87. The van der Waals surface area contributed by atoms with Gasteiger partial charge in [0.1, 0.15) is 0 Å². The van der Waals surface area contributed by atoms with Crippen molar-refractivity contribution >= 4 is 0 Å². The Labute approximate surface area is 118 Å². The molecule has 2 heteroatoms. The maximum absolute atomic E-state index is 10.6. The molecule has 1 aromatic rings. The van der Waals surface area contributed by atoms with E-state index < -0.39 is 6.10 Å². The molecule has 0 heterocycles. The quantitative estimate of drug-likeness (QED) is 0.872. The largest absolute Gasteiger partial charge is 0.387 e. The Morgan fingerprint density at radius 1 is 1.16 bits per heavy atom. The number of benzene rings is 1. The molecule has 0 aromatic heterocycles. The van der Waals surface area contributed by atoms with E-state index in [1.807, 2.05) is 30.3 Å². The zero-order valence-corrected chi connectivity index (χ0v) is 13.2. The van der Waals surface area contributed by atoms with Crippen LogP contribution in [-0.2, 0) is 0 Å². The smallest absolute Gasteiger partial charge is 0.0945 e. The minimum absolute atomic E-state index is 0.150. The van der Waals surface area contributed by atoms with Crippen LogP contribution in [0.3, 0.4) is 0 Å². The number of nitrogens with zero attached hydrogens (tertiary/aromatic N) is 1. The van der Waals surface area contributed by atoms with Crippen molar-refractivity contribution in [2.45, 2.75) is 59.2 Å². The number of hydrogen-bond acceptors (Lipinski definition) is 2. The molecule has 0 bridgehead atoms. The number of hydrogen-bond donors (Lipinski definition) is 1. The molecule has 1 rings (SSSR count). The summed E-state index contributed by atoms with van der Waals surface area (Å²) < 4.78 is 0. The lowest BCUT2D eigenvalue weighted by Crippen LogP contribution is -2.47. The summed E-state index contributed by atoms with van der Waals surface area (Å²) in [7, 11) is 2.12. The van der Waals surface area contributed by atoms with Crippen LogP contribution in [0.4, 0.5) is 0 Å². The highest BCUT2D eigenvalue weighted by molar-refractivity contribution is 5.19. The van der Waals surface area contributed by atoms with E-state index in [2.05, 4.69) is 46.6 Å². The second-order valence-corrected chi connectivity index (χ2v) is 6.54. The standard InChI is InChI=1S/C17H29NO/c1-7-15(18(6)13(2)17(3,4)5)16(19)14-11-9-8-10-12-14/h8-13,15-16,19H,7H2,1-6H3. The van der Waals surface area contributed by atoms with Gasteiger partial charge >= 0.3 is 0 Å². The molecule has 0 aliphatic rings. The van der Waals surface area contributed by atoms with Gasteiger partial charge in [-0.2, -0.15) is 0 Å². The topological polar surface area (TPSA) is 23.5 Å². The molecule has 19 heavy (non-hydrogen) atoms. The first kappa shape index (κ1) is 16.2. The molecule has 0 fully saturated rings. The SMILES string of the molecule is CCC(C(O)c1ccccc1)N(C)C(C)C(C)(C)C. The fourth-order valence-corrected chi connectivity index (χ4v) is 2.50. The summed E-state index contributed by atoms with van der Waals surface area (Å²) in [5.74, 6) is 0. The lowest BCUT2D eigenvalue weighted by atomic mass is 9.85. The second kappa shape index (κ2) is 6.53. The molecule has 0 aliphatic heterocycles. The Bertz CT molecular complexity index is 369. The number of likely N-dealkylation sites (N-methyl/N-ethyl adjacent to an activating group) is 1. The molecule has 3 atom stereocenters. The lowest BCUT2D eigenvalue weighted by Gasteiger charge is -2.41. The number of aliphatic hydroxyl groups is 1. The average molecular weight is 263 g/mol. The van der Waals surface area contributed by atoms with Gasteiger partial charge in [0.05, 0.1) is 6.10 Å². The minimum Gasteiger partial charge on any atom is -0.387 e. The van der Waals surface area contributed by atoms with E-state index in [4.69, 9.17) is 0 Å². The molecule has 0 aliphatic carbocycles. The third-order valence-electron chi connectivity index (χ3n) is 4.31. The monoisotopic (exact) mass is 263 g/mol. The van der Waals surface area contributed by atoms with Crippen molar-refractivity contribution in [2.75, 3.05) is 7.05 Å². The maximum Gasteiger partial charge on any atom is 0.0945 e. The molecular weight excluding hydrogens is 234 g/mol. The van der Waals surface area contributed by atoms with Crippen LogP contribution in [-0.4, -0.2) is 29.1 Å². The normalized spacial score (nSPS) is 17.3. The fourth-order valence-electron chi connectivity index (χ4n) is 2.50. The van der Waals surface area contributed by atoms with Gasteiger partial charge < -0.3 is 5.11 Å². The summed E-state index contributed by atoms with van der Waals surface area (Å²) in [5.41, 5.74) is 1.21. The van der Waals surface area contributed by atoms with Crippen LogP contribution < -0.4 is 0 Å².